The van der Waals surface area contributed by atoms with Gasteiger partial charge in [0.15, 0.2) is 0 Å². The topological polar surface area (TPSA) is 44.4 Å². The maximum absolute atomic E-state index is 12.1. The number of hydrogen-bond donors (Lipinski definition) is 2. The Kier molecular flexibility index (Phi) is 5.41. The molecule has 1 saturated heterocycles. The van der Waals surface area contributed by atoms with Crippen LogP contribution < -0.4 is 10.6 Å². The van der Waals surface area contributed by atoms with Crippen molar-refractivity contribution in [3.63, 3.8) is 0 Å². The molecule has 1 aromatic carbocycles. The average Bonchev–Trinajstić information content (AvgIpc) is 2.47. The summed E-state index contributed by atoms with van der Waals surface area (Å²) < 4.78 is 0. The van der Waals surface area contributed by atoms with E-state index in [2.05, 4.69) is 36.6 Å². The molecule has 0 spiro atoms. The Labute approximate surface area is 121 Å². The number of amides is 2. The molecule has 0 aromatic heterocycles. The molecule has 4 heteroatoms. The summed E-state index contributed by atoms with van der Waals surface area (Å²) in [7, 11) is 0. The fourth-order valence-electron chi connectivity index (χ4n) is 2.39. The number of nitrogens with zero attached hydrogens (tertiary/aromatic N) is 1. The molecule has 0 aliphatic carbocycles. The molecule has 0 saturated carbocycles. The zero-order chi connectivity index (χ0) is 14.4. The van der Waals surface area contributed by atoms with Crippen LogP contribution in [0.15, 0.2) is 24.3 Å². The van der Waals surface area contributed by atoms with Gasteiger partial charge in [-0.2, -0.15) is 0 Å². The van der Waals surface area contributed by atoms with Crippen LogP contribution in [0.5, 0.6) is 0 Å². The lowest BCUT2D eigenvalue weighted by atomic mass is 10.00. The Balaban J connectivity index is 1.84. The number of urea groups is 1. The van der Waals surface area contributed by atoms with E-state index in [1.54, 1.807) is 0 Å². The first kappa shape index (κ1) is 14.9. The molecule has 1 aliphatic heterocycles. The van der Waals surface area contributed by atoms with Gasteiger partial charge in [0.1, 0.15) is 0 Å². The van der Waals surface area contributed by atoms with E-state index in [1.807, 2.05) is 17.0 Å². The lowest BCUT2D eigenvalue weighted by Gasteiger charge is -2.30. The second kappa shape index (κ2) is 7.29. The predicted octanol–water partition coefficient (Wildman–Crippen LogP) is 3.06. The molecule has 20 heavy (non-hydrogen) atoms. The van der Waals surface area contributed by atoms with Crippen molar-refractivity contribution in [2.45, 2.75) is 33.2 Å². The highest BCUT2D eigenvalue weighted by Crippen LogP contribution is 2.17. The molecule has 0 unspecified atom stereocenters. The van der Waals surface area contributed by atoms with Crippen LogP contribution in [-0.4, -0.2) is 30.6 Å². The third kappa shape index (κ3) is 4.23. The van der Waals surface area contributed by atoms with Gasteiger partial charge in [-0.25, -0.2) is 4.79 Å². The van der Waals surface area contributed by atoms with Gasteiger partial charge in [0.25, 0.3) is 0 Å². The largest absolute Gasteiger partial charge is 0.325 e. The molecule has 1 aromatic rings. The highest BCUT2D eigenvalue weighted by Gasteiger charge is 2.19. The normalized spacial score (nSPS) is 16.2. The number of carbonyl (C=O) groups is 1. The monoisotopic (exact) mass is 275 g/mol. The van der Waals surface area contributed by atoms with Gasteiger partial charge in [-0.3, -0.25) is 0 Å². The standard InChI is InChI=1S/C16H25N3O/c1-3-17-12-14-4-6-15(7-5-14)18-16(20)19-10-8-13(2)9-11-19/h4-7,13,17H,3,8-12H2,1-2H3,(H,18,20). The second-order valence-electron chi connectivity index (χ2n) is 5.58. The molecule has 2 amide bonds. The second-order valence-corrected chi connectivity index (χ2v) is 5.58. The van der Waals surface area contributed by atoms with E-state index in [4.69, 9.17) is 0 Å². The number of carbonyl (C=O) groups excluding carboxylic acids is 1. The van der Waals surface area contributed by atoms with E-state index in [0.717, 1.165) is 50.6 Å². The number of benzene rings is 1. The lowest BCUT2D eigenvalue weighted by molar-refractivity contribution is 0.186. The van der Waals surface area contributed by atoms with Gasteiger partial charge in [0.2, 0.25) is 0 Å². The average molecular weight is 275 g/mol. The third-order valence-corrected chi connectivity index (χ3v) is 3.86. The van der Waals surface area contributed by atoms with E-state index in [9.17, 15) is 4.79 Å². The molecule has 0 bridgehead atoms. The van der Waals surface area contributed by atoms with Crippen molar-refractivity contribution < 1.29 is 4.79 Å². The number of rotatable bonds is 4. The minimum absolute atomic E-state index is 0.0244. The summed E-state index contributed by atoms with van der Waals surface area (Å²) in [6.07, 6.45) is 2.21. The van der Waals surface area contributed by atoms with Crippen molar-refractivity contribution in [1.82, 2.24) is 10.2 Å². The summed E-state index contributed by atoms with van der Waals surface area (Å²) in [4.78, 5) is 14.0. The maximum Gasteiger partial charge on any atom is 0.321 e. The smallest absolute Gasteiger partial charge is 0.321 e. The minimum Gasteiger partial charge on any atom is -0.325 e. The molecule has 2 rings (SSSR count). The van der Waals surface area contributed by atoms with Gasteiger partial charge in [0, 0.05) is 25.3 Å². The van der Waals surface area contributed by atoms with Crippen LogP contribution in [0.3, 0.4) is 0 Å². The van der Waals surface area contributed by atoms with Gasteiger partial charge in [-0.05, 0) is 43.0 Å². The zero-order valence-corrected chi connectivity index (χ0v) is 12.5. The van der Waals surface area contributed by atoms with Gasteiger partial charge in [-0.15, -0.1) is 0 Å². The fraction of sp³-hybridized carbons (Fsp3) is 0.562. The molecule has 4 nitrogen and oxygen atoms in total. The quantitative estimate of drug-likeness (QED) is 0.887. The van der Waals surface area contributed by atoms with Gasteiger partial charge < -0.3 is 15.5 Å². The Morgan fingerprint density at radius 3 is 2.50 bits per heavy atom. The Hall–Kier alpha value is -1.55. The Bertz CT molecular complexity index is 422. The third-order valence-electron chi connectivity index (χ3n) is 3.86. The Morgan fingerprint density at radius 2 is 1.90 bits per heavy atom. The van der Waals surface area contributed by atoms with E-state index < -0.39 is 0 Å². The number of likely N-dealkylation sites (tertiary alicyclic amines) is 1. The first-order valence-corrected chi connectivity index (χ1v) is 7.54. The highest BCUT2D eigenvalue weighted by atomic mass is 16.2. The first-order chi connectivity index (χ1) is 9.69. The van der Waals surface area contributed by atoms with E-state index in [-0.39, 0.29) is 6.03 Å². The lowest BCUT2D eigenvalue weighted by Crippen LogP contribution is -2.40. The summed E-state index contributed by atoms with van der Waals surface area (Å²) >= 11 is 0. The number of anilines is 1. The SMILES string of the molecule is CCNCc1ccc(NC(=O)N2CCC(C)CC2)cc1. The van der Waals surface area contributed by atoms with Gasteiger partial charge >= 0.3 is 6.03 Å². The van der Waals surface area contributed by atoms with Crippen LogP contribution >= 0.6 is 0 Å². The minimum atomic E-state index is 0.0244. The molecule has 110 valence electrons. The van der Waals surface area contributed by atoms with Gasteiger partial charge in [0.05, 0.1) is 0 Å². The van der Waals surface area contributed by atoms with Crippen molar-refractivity contribution in [3.05, 3.63) is 29.8 Å². The van der Waals surface area contributed by atoms with Crippen molar-refractivity contribution in [1.29, 1.82) is 0 Å². The maximum atomic E-state index is 12.1. The summed E-state index contributed by atoms with van der Waals surface area (Å²) in [5.74, 6) is 0.740. The van der Waals surface area contributed by atoms with Crippen LogP contribution in [0.2, 0.25) is 0 Å². The van der Waals surface area contributed by atoms with Crippen molar-refractivity contribution in [2.24, 2.45) is 5.92 Å². The Morgan fingerprint density at radius 1 is 1.25 bits per heavy atom. The molecule has 1 heterocycles. The molecule has 1 fully saturated rings. The summed E-state index contributed by atoms with van der Waals surface area (Å²) in [6, 6.07) is 8.07. The van der Waals surface area contributed by atoms with Crippen LogP contribution in [0.1, 0.15) is 32.3 Å². The molecule has 2 N–H and O–H groups in total. The van der Waals surface area contributed by atoms with Crippen LogP contribution in [0.25, 0.3) is 0 Å². The number of hydrogen-bond acceptors (Lipinski definition) is 2. The van der Waals surface area contributed by atoms with Crippen molar-refractivity contribution >= 4 is 11.7 Å². The fourth-order valence-corrected chi connectivity index (χ4v) is 2.39. The van der Waals surface area contributed by atoms with E-state index >= 15 is 0 Å². The number of nitrogens with one attached hydrogen (secondary N) is 2. The van der Waals surface area contributed by atoms with Crippen molar-refractivity contribution in [3.8, 4) is 0 Å². The van der Waals surface area contributed by atoms with Crippen LogP contribution in [0.4, 0.5) is 10.5 Å². The number of piperidine rings is 1. The van der Waals surface area contributed by atoms with E-state index in [0.29, 0.717) is 0 Å². The molecule has 1 aliphatic rings. The van der Waals surface area contributed by atoms with Gasteiger partial charge in [-0.1, -0.05) is 26.0 Å². The predicted molar refractivity (Wildman–Crippen MR) is 82.8 cm³/mol. The van der Waals surface area contributed by atoms with Crippen LogP contribution in [-0.2, 0) is 6.54 Å². The van der Waals surface area contributed by atoms with Crippen LogP contribution in [0, 0.1) is 5.92 Å². The summed E-state index contributed by atoms with van der Waals surface area (Å²) in [5, 5.41) is 6.26. The van der Waals surface area contributed by atoms with E-state index in [1.165, 1.54) is 5.56 Å². The van der Waals surface area contributed by atoms with Crippen molar-refractivity contribution in [2.75, 3.05) is 25.0 Å². The summed E-state index contributed by atoms with van der Waals surface area (Å²) in [5.41, 5.74) is 2.10. The zero-order valence-electron chi connectivity index (χ0n) is 12.5. The first-order valence-electron chi connectivity index (χ1n) is 7.54. The highest BCUT2D eigenvalue weighted by molar-refractivity contribution is 5.89. The molecule has 0 atom stereocenters. The molecule has 0 radical (unpaired) electrons. The molecular weight excluding hydrogens is 250 g/mol. The molecular formula is C16H25N3O. The summed E-state index contributed by atoms with van der Waals surface area (Å²) in [6.45, 7) is 7.91.